The van der Waals surface area contributed by atoms with Crippen LogP contribution < -0.4 is 0 Å². The Balaban J connectivity index is 1.70. The van der Waals surface area contributed by atoms with Crippen molar-refractivity contribution in [1.82, 2.24) is 19.2 Å². The van der Waals surface area contributed by atoms with Gasteiger partial charge in [0.15, 0.2) is 5.79 Å². The number of benzene rings is 2. The molecular weight excluding hydrogens is 529 g/mol. The summed E-state index contributed by atoms with van der Waals surface area (Å²) in [5, 5.41) is 0. The van der Waals surface area contributed by atoms with Crippen molar-refractivity contribution in [3.8, 4) is 0 Å². The Morgan fingerprint density at radius 1 is 1.14 bits per heavy atom. The molecule has 2 aliphatic rings. The van der Waals surface area contributed by atoms with Crippen LogP contribution in [0.1, 0.15) is 12.0 Å². The van der Waals surface area contributed by atoms with Crippen molar-refractivity contribution in [3.05, 3.63) is 66.2 Å². The minimum Gasteiger partial charge on any atom is -0.342 e. The van der Waals surface area contributed by atoms with E-state index in [2.05, 4.69) is 4.90 Å². The first-order chi connectivity index (χ1) is 17.5. The summed E-state index contributed by atoms with van der Waals surface area (Å²) in [5.74, 6) is -3.86. The molecule has 37 heavy (non-hydrogen) atoms. The van der Waals surface area contributed by atoms with Gasteiger partial charge in [0.05, 0.1) is 4.90 Å². The molecule has 0 aliphatic carbocycles. The molecule has 0 N–H and O–H groups in total. The van der Waals surface area contributed by atoms with Gasteiger partial charge in [-0.1, -0.05) is 48.5 Å². The van der Waals surface area contributed by atoms with Gasteiger partial charge in [0.1, 0.15) is 0 Å². The monoisotopic (exact) mass is 558 g/mol. The fourth-order valence-electron chi connectivity index (χ4n) is 4.76. The number of alkyl halides is 3. The lowest BCUT2D eigenvalue weighted by atomic mass is 10.2. The van der Waals surface area contributed by atoms with Gasteiger partial charge in [0, 0.05) is 41.8 Å². The van der Waals surface area contributed by atoms with E-state index in [-0.39, 0.29) is 21.2 Å². The Labute approximate surface area is 219 Å². The Morgan fingerprint density at radius 2 is 1.76 bits per heavy atom. The topological polar surface area (TPSA) is 73.4 Å². The number of hydrogen-bond donors (Lipinski definition) is 0. The van der Waals surface area contributed by atoms with Gasteiger partial charge < -0.3 is 4.84 Å². The molecule has 13 heteroatoms. The maximum atomic E-state index is 13.8. The number of rotatable bonds is 8. The van der Waals surface area contributed by atoms with Gasteiger partial charge >= 0.3 is 12.1 Å². The van der Waals surface area contributed by atoms with Gasteiger partial charge in [-0.05, 0) is 38.2 Å². The zero-order valence-corrected chi connectivity index (χ0v) is 22.1. The van der Waals surface area contributed by atoms with Crippen LogP contribution in [0.15, 0.2) is 65.6 Å². The summed E-state index contributed by atoms with van der Waals surface area (Å²) in [6.07, 6.45) is -4.72. The average molecular weight is 559 g/mol. The van der Waals surface area contributed by atoms with Crippen LogP contribution in [0, 0.1) is 0 Å². The number of nitrogens with zero attached hydrogens (tertiary/aromatic N) is 4. The number of hydrogen-bond acceptors (Lipinski definition) is 8. The van der Waals surface area contributed by atoms with Crippen LogP contribution >= 0.6 is 11.8 Å². The number of carbonyl (C=O) groups is 1. The first kappa shape index (κ1) is 27.9. The van der Waals surface area contributed by atoms with E-state index in [4.69, 9.17) is 4.84 Å². The lowest BCUT2D eigenvalue weighted by Gasteiger charge is -2.49. The number of likely N-dealkylation sites (tertiary alicyclic amines) is 1. The summed E-state index contributed by atoms with van der Waals surface area (Å²) < 4.78 is 67.8. The molecule has 2 aromatic carbocycles. The smallest absolute Gasteiger partial charge is 0.342 e. The van der Waals surface area contributed by atoms with Crippen molar-refractivity contribution in [3.63, 3.8) is 0 Å². The molecular formula is C24H29F3N4O4S2. The van der Waals surface area contributed by atoms with Crippen LogP contribution in [0.25, 0.3) is 0 Å². The van der Waals surface area contributed by atoms with E-state index in [1.165, 1.54) is 36.0 Å². The molecule has 2 saturated heterocycles. The third kappa shape index (κ3) is 5.66. The summed E-state index contributed by atoms with van der Waals surface area (Å²) in [6, 6.07) is 16.7. The zero-order chi connectivity index (χ0) is 26.8. The van der Waals surface area contributed by atoms with Crippen molar-refractivity contribution in [2.45, 2.75) is 35.9 Å². The molecule has 202 valence electrons. The Morgan fingerprint density at radius 3 is 2.32 bits per heavy atom. The minimum absolute atomic E-state index is 0.0758. The van der Waals surface area contributed by atoms with E-state index in [1.54, 1.807) is 30.0 Å². The molecule has 0 bridgehead atoms. The molecule has 2 heterocycles. The van der Waals surface area contributed by atoms with Crippen molar-refractivity contribution in [1.29, 1.82) is 0 Å². The third-order valence-electron chi connectivity index (χ3n) is 6.75. The number of thioether (sulfide) groups is 1. The summed E-state index contributed by atoms with van der Waals surface area (Å²) in [5.41, 5.74) is 1.13. The fraction of sp³-hybridized carbons (Fsp3) is 0.458. The van der Waals surface area contributed by atoms with E-state index >= 15 is 0 Å². The van der Waals surface area contributed by atoms with Crippen molar-refractivity contribution in [2.24, 2.45) is 0 Å². The highest BCUT2D eigenvalue weighted by Gasteiger charge is 2.59. The van der Waals surface area contributed by atoms with Crippen LogP contribution in [0.3, 0.4) is 0 Å². The lowest BCUT2D eigenvalue weighted by molar-refractivity contribution is -0.266. The maximum Gasteiger partial charge on any atom is 0.492 e. The SMILES string of the molecule is CN1CSC[C@@]1(N(C)C1CCN(Cc2ccccc2)C1)N(OC(=O)C(F)(F)F)S(=O)(=O)c1ccccc1. The second kappa shape index (κ2) is 10.9. The molecule has 1 unspecified atom stereocenters. The van der Waals surface area contributed by atoms with Crippen molar-refractivity contribution >= 4 is 27.8 Å². The first-order valence-corrected chi connectivity index (χ1v) is 14.2. The highest BCUT2D eigenvalue weighted by Crippen LogP contribution is 2.41. The summed E-state index contributed by atoms with van der Waals surface area (Å²) in [7, 11) is -1.40. The maximum absolute atomic E-state index is 13.8. The van der Waals surface area contributed by atoms with Crippen molar-refractivity contribution in [2.75, 3.05) is 38.8 Å². The van der Waals surface area contributed by atoms with E-state index in [1.807, 2.05) is 30.3 Å². The predicted octanol–water partition coefficient (Wildman–Crippen LogP) is 3.19. The van der Waals surface area contributed by atoms with Crippen molar-refractivity contribution < 1.29 is 31.2 Å². The van der Waals surface area contributed by atoms with Gasteiger partial charge in [-0.25, -0.2) is 13.2 Å². The van der Waals surface area contributed by atoms with Crippen LogP contribution in [-0.4, -0.2) is 90.4 Å². The summed E-state index contributed by atoms with van der Waals surface area (Å²) in [6.45, 7) is 1.99. The number of sulfonamides is 1. The molecule has 0 radical (unpaired) electrons. The molecule has 0 amide bonds. The number of likely N-dealkylation sites (N-methyl/N-ethyl adjacent to an activating group) is 1. The molecule has 2 fully saturated rings. The normalized spacial score (nSPS) is 23.7. The standard InChI is InChI=1S/C24H29F3N4O4S2/c1-28-18-36-17-23(28,29(2)20-13-14-30(16-20)15-19-9-5-3-6-10-19)31(35-22(32)24(25,26)27)37(33,34)21-11-7-4-8-12-21/h3-12,20H,13-18H2,1-2H3/t20?,23-/m1/s1. The zero-order valence-electron chi connectivity index (χ0n) is 20.5. The van der Waals surface area contributed by atoms with Gasteiger partial charge in [-0.3, -0.25) is 14.7 Å². The van der Waals surface area contributed by atoms with Crippen LogP contribution in [-0.2, 0) is 26.2 Å². The molecule has 0 spiro atoms. The molecule has 4 rings (SSSR count). The highest BCUT2D eigenvalue weighted by molar-refractivity contribution is 7.99. The van der Waals surface area contributed by atoms with Gasteiger partial charge in [-0.2, -0.15) is 13.2 Å². The number of halogens is 3. The van der Waals surface area contributed by atoms with Crippen LogP contribution in [0.5, 0.6) is 0 Å². The van der Waals surface area contributed by atoms with Crippen LogP contribution in [0.2, 0.25) is 0 Å². The number of hydroxylamine groups is 1. The summed E-state index contributed by atoms with van der Waals surface area (Å²) >= 11 is 1.35. The van der Waals surface area contributed by atoms with Gasteiger partial charge in [-0.15, -0.1) is 11.8 Å². The van der Waals surface area contributed by atoms with Gasteiger partial charge in [0.2, 0.25) is 0 Å². The Kier molecular flexibility index (Phi) is 8.22. The fourth-order valence-corrected chi connectivity index (χ4v) is 7.81. The largest absolute Gasteiger partial charge is 0.492 e. The first-order valence-electron chi connectivity index (χ1n) is 11.6. The second-order valence-corrected chi connectivity index (χ2v) is 11.9. The quantitative estimate of drug-likeness (QED) is 0.362. The van der Waals surface area contributed by atoms with E-state index in [0.29, 0.717) is 25.4 Å². The highest BCUT2D eigenvalue weighted by atomic mass is 32.2. The molecule has 0 saturated carbocycles. The second-order valence-electron chi connectivity index (χ2n) is 9.15. The molecule has 8 nitrogen and oxygen atoms in total. The van der Waals surface area contributed by atoms with E-state index < -0.39 is 28.0 Å². The Bertz CT molecular complexity index is 1190. The average Bonchev–Trinajstić information content (AvgIpc) is 3.49. The molecule has 2 aliphatic heterocycles. The molecule has 2 aromatic rings. The van der Waals surface area contributed by atoms with E-state index in [9.17, 15) is 26.4 Å². The number of carbonyl (C=O) groups excluding carboxylic acids is 1. The van der Waals surface area contributed by atoms with Gasteiger partial charge in [0.25, 0.3) is 10.0 Å². The van der Waals surface area contributed by atoms with E-state index in [0.717, 1.165) is 12.1 Å². The lowest BCUT2D eigenvalue weighted by Crippen LogP contribution is -2.71. The van der Waals surface area contributed by atoms with Crippen LogP contribution in [0.4, 0.5) is 13.2 Å². The summed E-state index contributed by atoms with van der Waals surface area (Å²) in [4.78, 5) is 22.1. The molecule has 2 atom stereocenters. The molecule has 0 aromatic heterocycles. The Hall–Kier alpha value is -2.16. The minimum atomic E-state index is -5.38. The third-order valence-corrected chi connectivity index (χ3v) is 9.58. The predicted molar refractivity (Wildman–Crippen MR) is 133 cm³/mol.